The van der Waals surface area contributed by atoms with Gasteiger partial charge in [-0.1, -0.05) is 30.1 Å². The van der Waals surface area contributed by atoms with Gasteiger partial charge in [0.2, 0.25) is 0 Å². The smallest absolute Gasteiger partial charge is 0.349 e. The molecule has 7 nitrogen and oxygen atoms in total. The number of fused-ring (bicyclic) bond motifs is 1. The largest absolute Gasteiger partial charge is 0.480 e. The van der Waals surface area contributed by atoms with Crippen LogP contribution in [0.15, 0.2) is 51.7 Å². The lowest BCUT2D eigenvalue weighted by atomic mass is 10.1. The number of carbonyl (C=O) groups is 2. The Balaban J connectivity index is 1.70. The first-order chi connectivity index (χ1) is 14.4. The van der Waals surface area contributed by atoms with Crippen molar-refractivity contribution in [1.82, 2.24) is 5.32 Å². The van der Waals surface area contributed by atoms with Crippen molar-refractivity contribution in [3.05, 3.63) is 68.5 Å². The summed E-state index contributed by atoms with van der Waals surface area (Å²) < 4.78 is 15.7. The van der Waals surface area contributed by atoms with Crippen molar-refractivity contribution in [2.24, 2.45) is 0 Å². The number of rotatable bonds is 7. The van der Waals surface area contributed by atoms with Crippen LogP contribution in [0.5, 0.6) is 11.5 Å². The summed E-state index contributed by atoms with van der Waals surface area (Å²) in [6.07, 6.45) is 0.743. The Morgan fingerprint density at radius 1 is 1.10 bits per heavy atom. The normalized spacial score (nSPS) is 10.6. The van der Waals surface area contributed by atoms with Gasteiger partial charge in [0.15, 0.2) is 6.61 Å². The van der Waals surface area contributed by atoms with Crippen LogP contribution in [-0.4, -0.2) is 25.0 Å². The Morgan fingerprint density at radius 3 is 2.63 bits per heavy atom. The molecule has 3 rings (SSSR count). The second kappa shape index (κ2) is 9.65. The molecule has 0 radical (unpaired) electrons. The van der Waals surface area contributed by atoms with Crippen LogP contribution in [0, 0.1) is 0 Å². The lowest BCUT2D eigenvalue weighted by Gasteiger charge is -2.09. The van der Waals surface area contributed by atoms with E-state index in [4.69, 9.17) is 37.1 Å². The van der Waals surface area contributed by atoms with E-state index in [1.54, 1.807) is 12.1 Å². The first-order valence-electron chi connectivity index (χ1n) is 9.02. The number of hydrogen-bond donors (Lipinski definition) is 1. The fraction of sp³-hybridized carbons (Fsp3) is 0.190. The quantitative estimate of drug-likeness (QED) is 0.329. The number of halogens is 2. The summed E-state index contributed by atoms with van der Waals surface area (Å²) >= 11 is 11.8. The number of esters is 1. The van der Waals surface area contributed by atoms with Gasteiger partial charge in [0, 0.05) is 23.0 Å². The van der Waals surface area contributed by atoms with Crippen LogP contribution >= 0.6 is 23.2 Å². The van der Waals surface area contributed by atoms with Gasteiger partial charge >= 0.3 is 11.6 Å². The van der Waals surface area contributed by atoms with Gasteiger partial charge in [0.05, 0.1) is 5.02 Å². The maximum atomic E-state index is 12.1. The second-order valence-corrected chi connectivity index (χ2v) is 7.08. The Morgan fingerprint density at radius 2 is 1.90 bits per heavy atom. The molecular weight excluding hydrogens is 433 g/mol. The minimum atomic E-state index is -0.778. The third-order valence-electron chi connectivity index (χ3n) is 3.96. The Labute approximate surface area is 181 Å². The van der Waals surface area contributed by atoms with Crippen molar-refractivity contribution in [2.45, 2.75) is 13.3 Å². The van der Waals surface area contributed by atoms with Crippen LogP contribution in [0.2, 0.25) is 10.0 Å². The Bertz CT molecular complexity index is 1160. The van der Waals surface area contributed by atoms with Gasteiger partial charge in [0.25, 0.3) is 5.91 Å². The number of ether oxygens (including phenoxy) is 2. The molecule has 0 spiro atoms. The molecule has 1 heterocycles. The molecule has 0 saturated heterocycles. The lowest BCUT2D eigenvalue weighted by Crippen LogP contribution is -2.28. The van der Waals surface area contributed by atoms with E-state index in [0.29, 0.717) is 17.0 Å². The van der Waals surface area contributed by atoms with E-state index < -0.39 is 17.5 Å². The van der Waals surface area contributed by atoms with E-state index in [0.717, 1.165) is 6.42 Å². The molecule has 0 fully saturated rings. The summed E-state index contributed by atoms with van der Waals surface area (Å²) in [6.45, 7) is 1.97. The summed E-state index contributed by atoms with van der Waals surface area (Å²) in [4.78, 5) is 36.2. The topological polar surface area (TPSA) is 94.8 Å². The maximum absolute atomic E-state index is 12.1. The van der Waals surface area contributed by atoms with Crippen LogP contribution in [0.1, 0.15) is 23.7 Å². The van der Waals surface area contributed by atoms with Crippen molar-refractivity contribution < 1.29 is 23.5 Å². The predicted molar refractivity (Wildman–Crippen MR) is 113 cm³/mol. The van der Waals surface area contributed by atoms with Gasteiger partial charge in [-0.05, 0) is 42.8 Å². The van der Waals surface area contributed by atoms with Crippen LogP contribution in [0.25, 0.3) is 11.0 Å². The van der Waals surface area contributed by atoms with Gasteiger partial charge in [-0.3, -0.25) is 4.79 Å². The molecule has 1 N–H and O–H groups in total. The number of amides is 1. The molecule has 0 atom stereocenters. The molecule has 30 heavy (non-hydrogen) atoms. The predicted octanol–water partition coefficient (Wildman–Crippen LogP) is 4.22. The molecule has 2 aromatic carbocycles. The number of nitrogens with one attached hydrogen (secondary N) is 1. The Kier molecular flexibility index (Phi) is 6.97. The zero-order valence-electron chi connectivity index (χ0n) is 15.9. The summed E-state index contributed by atoms with van der Waals surface area (Å²) in [5, 5.41) is 3.85. The SMILES string of the molecule is CCCNC(=O)c1cc2ccc(OC(=O)COc3ccc(Cl)cc3Cl)cc2oc1=O. The third kappa shape index (κ3) is 5.31. The van der Waals surface area contributed by atoms with Crippen molar-refractivity contribution in [2.75, 3.05) is 13.2 Å². The summed E-state index contributed by atoms with van der Waals surface area (Å²) in [5.74, 6) is -0.736. The Hall–Kier alpha value is -3.03. The number of benzene rings is 2. The molecular formula is C21H17Cl2NO6. The first kappa shape index (κ1) is 21.7. The molecule has 9 heteroatoms. The highest BCUT2D eigenvalue weighted by molar-refractivity contribution is 6.35. The third-order valence-corrected chi connectivity index (χ3v) is 4.49. The van der Waals surface area contributed by atoms with Crippen molar-refractivity contribution in [1.29, 1.82) is 0 Å². The molecule has 3 aromatic rings. The maximum Gasteiger partial charge on any atom is 0.349 e. The van der Waals surface area contributed by atoms with E-state index in [1.807, 2.05) is 6.92 Å². The van der Waals surface area contributed by atoms with E-state index in [-0.39, 0.29) is 34.3 Å². The van der Waals surface area contributed by atoms with E-state index in [2.05, 4.69) is 5.32 Å². The van der Waals surface area contributed by atoms with E-state index >= 15 is 0 Å². The molecule has 0 unspecified atom stereocenters. The fourth-order valence-corrected chi connectivity index (χ4v) is 3.00. The average molecular weight is 450 g/mol. The summed E-state index contributed by atoms with van der Waals surface area (Å²) in [6, 6.07) is 10.5. The molecule has 0 aliphatic carbocycles. The molecule has 0 bridgehead atoms. The standard InChI is InChI=1S/C21H17Cl2NO6/c1-2-7-24-20(26)15-8-12-3-5-14(10-18(12)30-21(15)27)29-19(25)11-28-17-6-4-13(22)9-16(17)23/h3-6,8-10H,2,7,11H2,1H3,(H,24,26). The van der Waals surface area contributed by atoms with Gasteiger partial charge in [-0.25, -0.2) is 9.59 Å². The average Bonchev–Trinajstić information content (AvgIpc) is 2.70. The summed E-state index contributed by atoms with van der Waals surface area (Å²) in [5.41, 5.74) is -0.687. The van der Waals surface area contributed by atoms with Crippen LogP contribution in [0.4, 0.5) is 0 Å². The highest BCUT2D eigenvalue weighted by Gasteiger charge is 2.15. The zero-order valence-corrected chi connectivity index (χ0v) is 17.4. The van der Waals surface area contributed by atoms with Gasteiger partial charge in [-0.15, -0.1) is 0 Å². The fourth-order valence-electron chi connectivity index (χ4n) is 2.54. The van der Waals surface area contributed by atoms with Gasteiger partial charge < -0.3 is 19.2 Å². The number of hydrogen-bond acceptors (Lipinski definition) is 6. The number of carbonyl (C=O) groups excluding carboxylic acids is 2. The molecule has 1 aromatic heterocycles. The molecule has 0 saturated carbocycles. The lowest BCUT2D eigenvalue weighted by molar-refractivity contribution is -0.136. The molecule has 1 amide bonds. The minimum Gasteiger partial charge on any atom is -0.480 e. The highest BCUT2D eigenvalue weighted by atomic mass is 35.5. The van der Waals surface area contributed by atoms with Crippen LogP contribution < -0.4 is 20.4 Å². The second-order valence-electron chi connectivity index (χ2n) is 6.24. The molecule has 156 valence electrons. The minimum absolute atomic E-state index is 0.0889. The highest BCUT2D eigenvalue weighted by Crippen LogP contribution is 2.27. The van der Waals surface area contributed by atoms with E-state index in [9.17, 15) is 14.4 Å². The van der Waals surface area contributed by atoms with Gasteiger partial charge in [-0.2, -0.15) is 0 Å². The molecule has 0 aliphatic rings. The van der Waals surface area contributed by atoms with Crippen LogP contribution in [0.3, 0.4) is 0 Å². The van der Waals surface area contributed by atoms with E-state index in [1.165, 1.54) is 30.3 Å². The van der Waals surface area contributed by atoms with Crippen molar-refractivity contribution in [3.8, 4) is 11.5 Å². The first-order valence-corrected chi connectivity index (χ1v) is 9.77. The van der Waals surface area contributed by atoms with Crippen molar-refractivity contribution in [3.63, 3.8) is 0 Å². The van der Waals surface area contributed by atoms with Gasteiger partial charge in [0.1, 0.15) is 22.6 Å². The van der Waals surface area contributed by atoms with Crippen LogP contribution in [-0.2, 0) is 4.79 Å². The molecule has 0 aliphatic heterocycles. The zero-order chi connectivity index (χ0) is 21.7. The van der Waals surface area contributed by atoms with Crippen molar-refractivity contribution >= 4 is 46.0 Å². The monoisotopic (exact) mass is 449 g/mol. The summed E-state index contributed by atoms with van der Waals surface area (Å²) in [7, 11) is 0.